The van der Waals surface area contributed by atoms with Crippen molar-refractivity contribution in [3.63, 3.8) is 0 Å². The lowest BCUT2D eigenvalue weighted by atomic mass is 10.0. The molecule has 2 heteroatoms. The minimum atomic E-state index is 0.554. The summed E-state index contributed by atoms with van der Waals surface area (Å²) in [4.78, 5) is 0. The van der Waals surface area contributed by atoms with E-state index in [1.54, 1.807) is 0 Å². The Hall–Kier alpha value is -1.80. The maximum absolute atomic E-state index is 5.50. The first-order valence-electron chi connectivity index (χ1n) is 6.16. The van der Waals surface area contributed by atoms with Gasteiger partial charge in [-0.3, -0.25) is 0 Å². The first kappa shape index (κ1) is 12.7. The molecule has 18 heavy (non-hydrogen) atoms. The topological polar surface area (TPSA) is 18.5 Å². The summed E-state index contributed by atoms with van der Waals surface area (Å²) < 4.78 is 10.8. The van der Waals surface area contributed by atoms with Gasteiger partial charge < -0.3 is 9.47 Å². The highest BCUT2D eigenvalue weighted by Gasteiger charge is 2.05. The van der Waals surface area contributed by atoms with Gasteiger partial charge in [0.2, 0.25) is 0 Å². The third kappa shape index (κ3) is 2.71. The van der Waals surface area contributed by atoms with E-state index in [4.69, 9.17) is 9.47 Å². The van der Waals surface area contributed by atoms with E-state index in [1.807, 2.05) is 13.0 Å². The zero-order chi connectivity index (χ0) is 12.8. The van der Waals surface area contributed by atoms with Crippen LogP contribution < -0.4 is 0 Å². The van der Waals surface area contributed by atoms with Crippen LogP contribution in [0.2, 0.25) is 0 Å². The number of ether oxygens (including phenoxy) is 2. The van der Waals surface area contributed by atoms with E-state index in [0.717, 1.165) is 6.61 Å². The molecule has 0 spiro atoms. The van der Waals surface area contributed by atoms with E-state index in [-0.39, 0.29) is 0 Å². The molecule has 2 nitrogen and oxygen atoms in total. The second kappa shape index (κ2) is 6.22. The van der Waals surface area contributed by atoms with E-state index in [2.05, 4.69) is 36.9 Å². The van der Waals surface area contributed by atoms with E-state index >= 15 is 0 Å². The number of rotatable bonds is 6. The molecule has 0 saturated carbocycles. The van der Waals surface area contributed by atoms with Gasteiger partial charge in [-0.25, -0.2) is 0 Å². The van der Waals surface area contributed by atoms with Crippen LogP contribution in [0.4, 0.5) is 0 Å². The zero-order valence-corrected chi connectivity index (χ0v) is 10.7. The van der Waals surface area contributed by atoms with Gasteiger partial charge in [-0.1, -0.05) is 43.0 Å². The molecule has 0 atom stereocenters. The predicted octanol–water partition coefficient (Wildman–Crippen LogP) is 4.04. The van der Waals surface area contributed by atoms with Crippen molar-refractivity contribution in [2.45, 2.75) is 20.1 Å². The number of fused-ring (bicyclic) bond motifs is 1. The lowest BCUT2D eigenvalue weighted by Crippen LogP contribution is -1.96. The molecule has 0 aliphatic carbocycles. The summed E-state index contributed by atoms with van der Waals surface area (Å²) in [5.41, 5.74) is 2.39. The van der Waals surface area contributed by atoms with Gasteiger partial charge in [-0.05, 0) is 28.8 Å². The largest absolute Gasteiger partial charge is 0.497 e. The van der Waals surface area contributed by atoms with Crippen LogP contribution in [0, 0.1) is 0 Å². The Morgan fingerprint density at radius 1 is 1.00 bits per heavy atom. The van der Waals surface area contributed by atoms with Gasteiger partial charge in [0.15, 0.2) is 0 Å². The molecule has 0 aliphatic rings. The molecule has 0 radical (unpaired) electrons. The summed E-state index contributed by atoms with van der Waals surface area (Å²) >= 11 is 0. The molecular formula is C16H18O2. The van der Waals surface area contributed by atoms with Crippen LogP contribution in [0.5, 0.6) is 0 Å². The fourth-order valence-corrected chi connectivity index (χ4v) is 2.04. The predicted molar refractivity (Wildman–Crippen MR) is 74.3 cm³/mol. The third-order valence-electron chi connectivity index (χ3n) is 2.92. The normalized spacial score (nSPS) is 10.5. The first-order valence-corrected chi connectivity index (χ1v) is 6.16. The Bertz CT molecular complexity index is 532. The highest BCUT2D eigenvalue weighted by molar-refractivity contribution is 5.88. The number of hydrogen-bond acceptors (Lipinski definition) is 2. The van der Waals surface area contributed by atoms with Crippen molar-refractivity contribution in [1.29, 1.82) is 0 Å². The molecule has 2 aromatic rings. The lowest BCUT2D eigenvalue weighted by molar-refractivity contribution is 0.135. The summed E-state index contributed by atoms with van der Waals surface area (Å²) in [5.74, 6) is 0. The lowest BCUT2D eigenvalue weighted by Gasteiger charge is -2.11. The van der Waals surface area contributed by atoms with Gasteiger partial charge in [0.1, 0.15) is 6.61 Å². The number of benzene rings is 2. The Morgan fingerprint density at radius 2 is 1.61 bits per heavy atom. The third-order valence-corrected chi connectivity index (χ3v) is 2.92. The van der Waals surface area contributed by atoms with Crippen molar-refractivity contribution in [1.82, 2.24) is 0 Å². The van der Waals surface area contributed by atoms with Crippen molar-refractivity contribution in [2.75, 3.05) is 6.61 Å². The molecular weight excluding hydrogens is 224 g/mol. The highest BCUT2D eigenvalue weighted by atomic mass is 16.5. The molecule has 2 aromatic carbocycles. The molecule has 2 rings (SSSR count). The van der Waals surface area contributed by atoms with Gasteiger partial charge >= 0.3 is 0 Å². The van der Waals surface area contributed by atoms with Crippen LogP contribution in [0.3, 0.4) is 0 Å². The van der Waals surface area contributed by atoms with E-state index in [0.29, 0.717) is 13.2 Å². The standard InChI is InChI=1S/C16H18O2/c1-3-17-11-13-9-10-14(12-18-4-2)16-8-6-5-7-15(13)16/h3,5-10H,1,4,11-12H2,2H3. The summed E-state index contributed by atoms with van der Waals surface area (Å²) in [6.07, 6.45) is 1.48. The Kier molecular flexibility index (Phi) is 4.37. The van der Waals surface area contributed by atoms with E-state index in [1.165, 1.54) is 28.2 Å². The van der Waals surface area contributed by atoms with Crippen molar-refractivity contribution < 1.29 is 9.47 Å². The Labute approximate surface area is 108 Å². The molecule has 0 fully saturated rings. The monoisotopic (exact) mass is 242 g/mol. The van der Waals surface area contributed by atoms with Gasteiger partial charge in [0, 0.05) is 6.61 Å². The molecule has 0 aliphatic heterocycles. The van der Waals surface area contributed by atoms with Crippen molar-refractivity contribution in [3.05, 3.63) is 60.4 Å². The van der Waals surface area contributed by atoms with Crippen LogP contribution in [-0.2, 0) is 22.7 Å². The smallest absolute Gasteiger partial charge is 0.113 e. The van der Waals surface area contributed by atoms with Crippen molar-refractivity contribution in [3.8, 4) is 0 Å². The summed E-state index contributed by atoms with van der Waals surface area (Å²) in [5, 5.41) is 2.45. The molecule has 0 aromatic heterocycles. The SMILES string of the molecule is C=COCc1ccc(COCC)c2ccccc12. The van der Waals surface area contributed by atoms with Crippen LogP contribution in [-0.4, -0.2) is 6.61 Å². The Morgan fingerprint density at radius 3 is 2.17 bits per heavy atom. The summed E-state index contributed by atoms with van der Waals surface area (Å²) in [7, 11) is 0. The minimum absolute atomic E-state index is 0.554. The van der Waals surface area contributed by atoms with Crippen LogP contribution in [0.25, 0.3) is 10.8 Å². The summed E-state index contributed by atoms with van der Waals surface area (Å²) in [6, 6.07) is 12.5. The molecule has 0 amide bonds. The second-order valence-corrected chi connectivity index (χ2v) is 4.04. The zero-order valence-electron chi connectivity index (χ0n) is 10.7. The van der Waals surface area contributed by atoms with Crippen molar-refractivity contribution >= 4 is 10.8 Å². The van der Waals surface area contributed by atoms with Crippen LogP contribution in [0.15, 0.2) is 49.2 Å². The maximum atomic E-state index is 5.50. The molecule has 94 valence electrons. The molecule has 0 saturated heterocycles. The van der Waals surface area contributed by atoms with Gasteiger partial charge in [-0.15, -0.1) is 0 Å². The Balaban J connectivity index is 2.41. The highest BCUT2D eigenvalue weighted by Crippen LogP contribution is 2.24. The average molecular weight is 242 g/mol. The van der Waals surface area contributed by atoms with Gasteiger partial charge in [0.05, 0.1) is 12.9 Å². The van der Waals surface area contributed by atoms with E-state index in [9.17, 15) is 0 Å². The quantitative estimate of drug-likeness (QED) is 0.712. The maximum Gasteiger partial charge on any atom is 0.113 e. The molecule has 0 heterocycles. The first-order chi connectivity index (χ1) is 8.86. The van der Waals surface area contributed by atoms with Crippen LogP contribution in [0.1, 0.15) is 18.1 Å². The fraction of sp³-hybridized carbons (Fsp3) is 0.250. The molecule has 0 unspecified atom stereocenters. The fourth-order valence-electron chi connectivity index (χ4n) is 2.04. The van der Waals surface area contributed by atoms with Gasteiger partial charge in [0.25, 0.3) is 0 Å². The summed E-state index contributed by atoms with van der Waals surface area (Å²) in [6.45, 7) is 7.52. The molecule has 0 N–H and O–H groups in total. The van der Waals surface area contributed by atoms with Crippen molar-refractivity contribution in [2.24, 2.45) is 0 Å². The average Bonchev–Trinajstić information content (AvgIpc) is 2.43. The minimum Gasteiger partial charge on any atom is -0.497 e. The second-order valence-electron chi connectivity index (χ2n) is 4.04. The van der Waals surface area contributed by atoms with Crippen LogP contribution >= 0.6 is 0 Å². The van der Waals surface area contributed by atoms with E-state index < -0.39 is 0 Å². The molecule has 0 bridgehead atoms. The van der Waals surface area contributed by atoms with Gasteiger partial charge in [-0.2, -0.15) is 0 Å². The number of hydrogen-bond donors (Lipinski definition) is 0.